The van der Waals surface area contributed by atoms with E-state index >= 15 is 0 Å². The van der Waals surface area contributed by atoms with Crippen LogP contribution in [0.1, 0.15) is 40.4 Å². The molecule has 2 aromatic rings. The van der Waals surface area contributed by atoms with Crippen LogP contribution in [0.15, 0.2) is 33.8 Å². The standard InChI is InChI=1S/C13H9F5N2O4S/c14-25(15,16,17,18)8-3-4-9(11(5-8)20(22)23)12(21)10-6-19-24-13(10)7-1-2-7/h3-7H,1-2H2. The van der Waals surface area contributed by atoms with Gasteiger partial charge in [0.25, 0.3) is 5.69 Å². The molecular weight excluding hydrogens is 375 g/mol. The highest BCUT2D eigenvalue weighted by molar-refractivity contribution is 8.45. The van der Waals surface area contributed by atoms with Gasteiger partial charge in [-0.15, -0.1) is 0 Å². The molecule has 12 heteroatoms. The lowest BCUT2D eigenvalue weighted by molar-refractivity contribution is -0.385. The summed E-state index contributed by atoms with van der Waals surface area (Å²) in [5.41, 5.74) is -2.25. The number of benzene rings is 1. The summed E-state index contributed by atoms with van der Waals surface area (Å²) in [6.45, 7) is 0. The molecule has 0 unspecified atom stereocenters. The number of halogens is 5. The topological polar surface area (TPSA) is 86.2 Å². The largest absolute Gasteiger partial charge is 0.360 e. The molecule has 0 aliphatic heterocycles. The first-order valence-electron chi connectivity index (χ1n) is 6.80. The maximum Gasteiger partial charge on any atom is 0.310 e. The van der Waals surface area contributed by atoms with Crippen LogP contribution in [0.4, 0.5) is 25.1 Å². The van der Waals surface area contributed by atoms with Crippen LogP contribution in [-0.4, -0.2) is 15.9 Å². The van der Waals surface area contributed by atoms with E-state index in [2.05, 4.69) is 5.16 Å². The van der Waals surface area contributed by atoms with E-state index in [1.165, 1.54) is 0 Å². The van der Waals surface area contributed by atoms with Crippen molar-refractivity contribution < 1.29 is 33.7 Å². The maximum atomic E-state index is 12.8. The summed E-state index contributed by atoms with van der Waals surface area (Å²) in [6.07, 6.45) is 2.42. The van der Waals surface area contributed by atoms with Crippen LogP contribution in [0.5, 0.6) is 0 Å². The number of hydrogen-bond donors (Lipinski definition) is 0. The van der Waals surface area contributed by atoms with Crippen molar-refractivity contribution in [1.82, 2.24) is 5.16 Å². The highest BCUT2D eigenvalue weighted by atomic mass is 32.5. The van der Waals surface area contributed by atoms with Crippen LogP contribution >= 0.6 is 10.2 Å². The first-order valence-corrected chi connectivity index (χ1v) is 8.75. The molecule has 0 N–H and O–H groups in total. The summed E-state index contributed by atoms with van der Waals surface area (Å²) in [5.74, 6) is -0.927. The number of nitrogens with zero attached hydrogens (tertiary/aromatic N) is 2. The second-order valence-electron chi connectivity index (χ2n) is 5.61. The summed E-state index contributed by atoms with van der Waals surface area (Å²) in [4.78, 5) is 19.7. The molecule has 1 heterocycles. The van der Waals surface area contributed by atoms with Crippen molar-refractivity contribution in [2.45, 2.75) is 23.7 Å². The van der Waals surface area contributed by atoms with Gasteiger partial charge >= 0.3 is 10.2 Å². The number of aromatic nitrogens is 1. The fourth-order valence-electron chi connectivity index (χ4n) is 2.30. The van der Waals surface area contributed by atoms with Crippen LogP contribution in [0.25, 0.3) is 0 Å². The lowest BCUT2D eigenvalue weighted by atomic mass is 10.0. The Morgan fingerprint density at radius 1 is 1.20 bits per heavy atom. The van der Waals surface area contributed by atoms with E-state index in [4.69, 9.17) is 4.52 Å². The summed E-state index contributed by atoms with van der Waals surface area (Å²) in [6, 6.07) is 0.0164. The SMILES string of the molecule is O=C(c1ccc(S(F)(F)(F)(F)F)cc1[N+](=O)[O-])c1cnoc1C1CC1. The zero-order chi connectivity index (χ0) is 18.7. The molecule has 1 saturated carbocycles. The maximum absolute atomic E-state index is 12.8. The first-order chi connectivity index (χ1) is 11.3. The lowest BCUT2D eigenvalue weighted by Gasteiger charge is -2.40. The molecular formula is C13H9F5N2O4S. The summed E-state index contributed by atoms with van der Waals surface area (Å²) < 4.78 is 69.1. The quantitative estimate of drug-likeness (QED) is 0.300. The third kappa shape index (κ3) is 3.34. The Hall–Kier alpha value is -2.50. The highest BCUT2D eigenvalue weighted by Crippen LogP contribution is 3.02. The molecule has 0 atom stereocenters. The van der Waals surface area contributed by atoms with Gasteiger partial charge < -0.3 is 4.52 Å². The minimum Gasteiger partial charge on any atom is -0.360 e. The molecule has 0 saturated heterocycles. The molecule has 136 valence electrons. The minimum absolute atomic E-state index is 0.0356. The van der Waals surface area contributed by atoms with E-state index in [1.807, 2.05) is 0 Å². The van der Waals surface area contributed by atoms with E-state index in [9.17, 15) is 34.3 Å². The van der Waals surface area contributed by atoms with Crippen LogP contribution in [0, 0.1) is 10.1 Å². The van der Waals surface area contributed by atoms with Gasteiger partial charge in [0.1, 0.15) is 10.5 Å². The van der Waals surface area contributed by atoms with Crippen molar-refractivity contribution in [3.8, 4) is 0 Å². The summed E-state index contributed by atoms with van der Waals surface area (Å²) >= 11 is 0. The molecule has 0 spiro atoms. The van der Waals surface area contributed by atoms with Gasteiger partial charge in [-0.1, -0.05) is 24.6 Å². The number of rotatable bonds is 5. The van der Waals surface area contributed by atoms with Crippen molar-refractivity contribution in [1.29, 1.82) is 0 Å². The summed E-state index contributed by atoms with van der Waals surface area (Å²) in [5, 5.41) is 14.5. The van der Waals surface area contributed by atoms with Crippen LogP contribution < -0.4 is 0 Å². The van der Waals surface area contributed by atoms with Gasteiger partial charge in [0, 0.05) is 12.0 Å². The average molecular weight is 384 g/mol. The van der Waals surface area contributed by atoms with Gasteiger partial charge in [-0.25, -0.2) is 0 Å². The molecule has 0 radical (unpaired) electrons. The first kappa shape index (κ1) is 17.3. The van der Waals surface area contributed by atoms with Crippen LogP contribution in [0.3, 0.4) is 0 Å². The number of nitro benzene ring substituents is 1. The van der Waals surface area contributed by atoms with E-state index < -0.39 is 37.1 Å². The van der Waals surface area contributed by atoms with Gasteiger partial charge in [0.05, 0.1) is 16.7 Å². The van der Waals surface area contributed by atoms with Gasteiger partial charge in [-0.2, -0.15) is 0 Å². The van der Waals surface area contributed by atoms with E-state index in [1.54, 1.807) is 0 Å². The number of nitro groups is 1. The number of hydrogen-bond acceptors (Lipinski definition) is 5. The van der Waals surface area contributed by atoms with E-state index in [0.29, 0.717) is 18.9 Å². The summed E-state index contributed by atoms with van der Waals surface area (Å²) in [7, 11) is -10.1. The smallest absolute Gasteiger partial charge is 0.310 e. The fraction of sp³-hybridized carbons (Fsp3) is 0.231. The molecule has 3 rings (SSSR count). The highest BCUT2D eigenvalue weighted by Gasteiger charge is 2.66. The Morgan fingerprint density at radius 2 is 1.84 bits per heavy atom. The molecule has 1 aliphatic carbocycles. The molecule has 0 amide bonds. The molecule has 1 aliphatic rings. The molecule has 1 fully saturated rings. The predicted octanol–water partition coefficient (Wildman–Crippen LogP) is 5.35. The van der Waals surface area contributed by atoms with Crippen molar-refractivity contribution in [2.24, 2.45) is 0 Å². The molecule has 1 aromatic carbocycles. The van der Waals surface area contributed by atoms with Crippen molar-refractivity contribution in [3.63, 3.8) is 0 Å². The van der Waals surface area contributed by atoms with Crippen molar-refractivity contribution >= 4 is 21.7 Å². The van der Waals surface area contributed by atoms with Crippen molar-refractivity contribution in [2.75, 3.05) is 0 Å². The Morgan fingerprint density at radius 3 is 2.36 bits per heavy atom. The van der Waals surface area contributed by atoms with Gasteiger partial charge in [-0.05, 0) is 25.0 Å². The van der Waals surface area contributed by atoms with Crippen LogP contribution in [0.2, 0.25) is 0 Å². The second-order valence-corrected chi connectivity index (χ2v) is 8.02. The van der Waals surface area contributed by atoms with E-state index in [-0.39, 0.29) is 29.4 Å². The molecule has 25 heavy (non-hydrogen) atoms. The van der Waals surface area contributed by atoms with Crippen molar-refractivity contribution in [3.05, 3.63) is 51.4 Å². The zero-order valence-electron chi connectivity index (χ0n) is 12.1. The Balaban J connectivity index is 2.12. The van der Waals surface area contributed by atoms with Gasteiger partial charge in [0.2, 0.25) is 5.78 Å². The van der Waals surface area contributed by atoms with E-state index in [0.717, 1.165) is 6.20 Å². The number of carbonyl (C=O) groups is 1. The third-order valence-corrected chi connectivity index (χ3v) is 4.79. The fourth-order valence-corrected chi connectivity index (χ4v) is 2.96. The zero-order valence-corrected chi connectivity index (χ0v) is 12.9. The number of ketones is 1. The monoisotopic (exact) mass is 384 g/mol. The Bertz CT molecular complexity index is 905. The average Bonchev–Trinajstić information content (AvgIpc) is 3.20. The Kier molecular flexibility index (Phi) is 3.16. The van der Waals surface area contributed by atoms with Gasteiger partial charge in [-0.3, -0.25) is 14.9 Å². The van der Waals surface area contributed by atoms with Gasteiger partial charge in [0.15, 0.2) is 5.76 Å². The predicted molar refractivity (Wildman–Crippen MR) is 76.4 cm³/mol. The lowest BCUT2D eigenvalue weighted by Crippen LogP contribution is -2.10. The normalized spacial score (nSPS) is 17.6. The molecule has 0 bridgehead atoms. The molecule has 1 aromatic heterocycles. The minimum atomic E-state index is -10.1. The van der Waals surface area contributed by atoms with Crippen LogP contribution in [-0.2, 0) is 0 Å². The Labute approximate surface area is 136 Å². The molecule has 6 nitrogen and oxygen atoms in total. The third-order valence-electron chi connectivity index (χ3n) is 3.65. The number of carbonyl (C=O) groups excluding carboxylic acids is 1. The second kappa shape index (κ2) is 4.56.